The molecule has 3 aromatic carbocycles. The Morgan fingerprint density at radius 3 is 2.74 bits per heavy atom. The fourth-order valence-electron chi connectivity index (χ4n) is 4.00. The molecule has 0 heterocycles. The highest BCUT2D eigenvalue weighted by Gasteiger charge is 2.29. The minimum absolute atomic E-state index is 0.134. The SMILES string of the molecule is CCOC(=O)CC1CCc2c1cc(-c1ccc3ccccc3c1)c(O)c2Br. The Balaban J connectivity index is 1.78. The summed E-state index contributed by atoms with van der Waals surface area (Å²) < 4.78 is 5.88. The smallest absolute Gasteiger partial charge is 0.306 e. The van der Waals surface area contributed by atoms with Gasteiger partial charge >= 0.3 is 5.97 Å². The van der Waals surface area contributed by atoms with E-state index in [1.165, 1.54) is 5.39 Å². The third-order valence-electron chi connectivity index (χ3n) is 5.34. The van der Waals surface area contributed by atoms with Gasteiger partial charge in [0.05, 0.1) is 17.5 Å². The number of carbonyl (C=O) groups is 1. The van der Waals surface area contributed by atoms with Gasteiger partial charge in [-0.2, -0.15) is 0 Å². The van der Waals surface area contributed by atoms with Crippen molar-refractivity contribution in [2.24, 2.45) is 0 Å². The molecule has 4 heteroatoms. The molecule has 1 N–H and O–H groups in total. The second-order valence-electron chi connectivity index (χ2n) is 6.96. The van der Waals surface area contributed by atoms with Crippen molar-refractivity contribution in [1.82, 2.24) is 0 Å². The monoisotopic (exact) mass is 424 g/mol. The van der Waals surface area contributed by atoms with Crippen molar-refractivity contribution in [3.8, 4) is 16.9 Å². The Morgan fingerprint density at radius 2 is 1.96 bits per heavy atom. The lowest BCUT2D eigenvalue weighted by Gasteiger charge is -2.16. The van der Waals surface area contributed by atoms with Gasteiger partial charge in [-0.15, -0.1) is 0 Å². The van der Waals surface area contributed by atoms with Gasteiger partial charge in [0, 0.05) is 5.56 Å². The van der Waals surface area contributed by atoms with Crippen LogP contribution in [0.4, 0.5) is 0 Å². The van der Waals surface area contributed by atoms with Crippen LogP contribution >= 0.6 is 15.9 Å². The average Bonchev–Trinajstić information content (AvgIpc) is 3.07. The van der Waals surface area contributed by atoms with Gasteiger partial charge < -0.3 is 9.84 Å². The van der Waals surface area contributed by atoms with E-state index in [0.29, 0.717) is 13.0 Å². The number of carbonyl (C=O) groups excluding carboxylic acids is 1. The minimum atomic E-state index is -0.160. The summed E-state index contributed by atoms with van der Waals surface area (Å²) in [7, 11) is 0. The van der Waals surface area contributed by atoms with Crippen LogP contribution in [0.1, 0.15) is 36.8 Å². The van der Waals surface area contributed by atoms with E-state index in [2.05, 4.69) is 46.3 Å². The zero-order valence-electron chi connectivity index (χ0n) is 15.2. The van der Waals surface area contributed by atoms with E-state index in [9.17, 15) is 9.90 Å². The molecule has 0 bridgehead atoms. The zero-order valence-corrected chi connectivity index (χ0v) is 16.8. The molecule has 0 aliphatic heterocycles. The fraction of sp³-hybridized carbons (Fsp3) is 0.261. The molecule has 27 heavy (non-hydrogen) atoms. The van der Waals surface area contributed by atoms with E-state index in [4.69, 9.17) is 4.74 Å². The number of hydrogen-bond acceptors (Lipinski definition) is 3. The van der Waals surface area contributed by atoms with Crippen molar-refractivity contribution in [3.05, 3.63) is 64.1 Å². The van der Waals surface area contributed by atoms with Crippen molar-refractivity contribution < 1.29 is 14.6 Å². The summed E-state index contributed by atoms with van der Waals surface area (Å²) in [6.45, 7) is 2.23. The lowest BCUT2D eigenvalue weighted by Crippen LogP contribution is -2.08. The molecule has 1 aliphatic rings. The zero-order chi connectivity index (χ0) is 19.0. The van der Waals surface area contributed by atoms with Crippen LogP contribution in [0.5, 0.6) is 5.75 Å². The second kappa shape index (κ2) is 7.35. The molecule has 3 nitrogen and oxygen atoms in total. The lowest BCUT2D eigenvalue weighted by molar-refractivity contribution is -0.143. The summed E-state index contributed by atoms with van der Waals surface area (Å²) in [4.78, 5) is 12.0. The summed E-state index contributed by atoms with van der Waals surface area (Å²) in [6.07, 6.45) is 2.13. The summed E-state index contributed by atoms with van der Waals surface area (Å²) >= 11 is 3.59. The molecular formula is C23H21BrO3. The molecule has 3 aromatic rings. The fourth-order valence-corrected chi connectivity index (χ4v) is 4.64. The molecule has 0 spiro atoms. The van der Waals surface area contributed by atoms with E-state index >= 15 is 0 Å². The van der Waals surface area contributed by atoms with Crippen molar-refractivity contribution in [2.45, 2.75) is 32.1 Å². The molecular weight excluding hydrogens is 404 g/mol. The molecule has 0 saturated carbocycles. The number of fused-ring (bicyclic) bond motifs is 2. The second-order valence-corrected chi connectivity index (χ2v) is 7.75. The number of esters is 1. The van der Waals surface area contributed by atoms with E-state index in [-0.39, 0.29) is 17.6 Å². The minimum Gasteiger partial charge on any atom is -0.506 e. The van der Waals surface area contributed by atoms with Crippen LogP contribution in [0, 0.1) is 0 Å². The number of aromatic hydroxyl groups is 1. The first-order valence-electron chi connectivity index (χ1n) is 9.27. The van der Waals surface area contributed by atoms with Gasteiger partial charge in [-0.1, -0.05) is 36.4 Å². The van der Waals surface area contributed by atoms with Crippen LogP contribution in [0.3, 0.4) is 0 Å². The Labute approximate surface area is 167 Å². The number of halogens is 1. The Bertz CT molecular complexity index is 1030. The van der Waals surface area contributed by atoms with Crippen molar-refractivity contribution >= 4 is 32.7 Å². The highest BCUT2D eigenvalue weighted by Crippen LogP contribution is 2.47. The van der Waals surface area contributed by atoms with Gasteiger partial charge in [0.15, 0.2) is 0 Å². The van der Waals surface area contributed by atoms with Gasteiger partial charge in [-0.05, 0) is 81.2 Å². The van der Waals surface area contributed by atoms with Crippen LogP contribution in [-0.2, 0) is 16.0 Å². The molecule has 138 valence electrons. The number of phenolic OH excluding ortho intramolecular Hbond substituents is 1. The van der Waals surface area contributed by atoms with Gasteiger partial charge in [0.1, 0.15) is 5.75 Å². The summed E-state index contributed by atoms with van der Waals surface area (Å²) in [6, 6.07) is 16.4. The quantitative estimate of drug-likeness (QED) is 0.525. The first kappa shape index (κ1) is 18.1. The largest absolute Gasteiger partial charge is 0.506 e. The maximum atomic E-state index is 12.0. The molecule has 0 saturated heterocycles. The molecule has 0 fully saturated rings. The molecule has 0 aromatic heterocycles. The molecule has 0 radical (unpaired) electrons. The first-order chi connectivity index (χ1) is 13.1. The van der Waals surface area contributed by atoms with Gasteiger partial charge in [0.25, 0.3) is 0 Å². The number of hydrogen-bond donors (Lipinski definition) is 1. The Hall–Kier alpha value is -2.33. The number of ether oxygens (including phenoxy) is 1. The Kier molecular flexibility index (Phi) is 4.92. The van der Waals surface area contributed by atoms with E-state index in [1.54, 1.807) is 0 Å². The van der Waals surface area contributed by atoms with Crippen LogP contribution in [0.25, 0.3) is 21.9 Å². The van der Waals surface area contributed by atoms with Crippen LogP contribution in [0.15, 0.2) is 53.0 Å². The lowest BCUT2D eigenvalue weighted by atomic mass is 9.92. The molecule has 1 unspecified atom stereocenters. The summed E-state index contributed by atoms with van der Waals surface area (Å²) in [5.74, 6) is 0.239. The summed E-state index contributed by atoms with van der Waals surface area (Å²) in [5.41, 5.74) is 4.00. The van der Waals surface area contributed by atoms with Crippen LogP contribution < -0.4 is 0 Å². The van der Waals surface area contributed by atoms with Gasteiger partial charge in [0.2, 0.25) is 0 Å². The van der Waals surface area contributed by atoms with Crippen LogP contribution in [0.2, 0.25) is 0 Å². The third kappa shape index (κ3) is 3.34. The van der Waals surface area contributed by atoms with Crippen molar-refractivity contribution in [1.29, 1.82) is 0 Å². The van der Waals surface area contributed by atoms with Gasteiger partial charge in [-0.25, -0.2) is 0 Å². The van der Waals surface area contributed by atoms with E-state index < -0.39 is 0 Å². The maximum absolute atomic E-state index is 12.0. The topological polar surface area (TPSA) is 46.5 Å². The normalized spacial score (nSPS) is 15.7. The predicted octanol–water partition coefficient (Wildman–Crippen LogP) is 5.96. The van der Waals surface area contributed by atoms with Crippen molar-refractivity contribution in [2.75, 3.05) is 6.61 Å². The van der Waals surface area contributed by atoms with Gasteiger partial charge in [-0.3, -0.25) is 4.79 Å². The van der Waals surface area contributed by atoms with E-state index in [0.717, 1.165) is 45.0 Å². The predicted molar refractivity (Wildman–Crippen MR) is 111 cm³/mol. The molecule has 4 rings (SSSR count). The van der Waals surface area contributed by atoms with Crippen LogP contribution in [-0.4, -0.2) is 17.7 Å². The number of benzene rings is 3. The number of phenols is 1. The van der Waals surface area contributed by atoms with E-state index in [1.807, 2.05) is 25.1 Å². The average molecular weight is 425 g/mol. The maximum Gasteiger partial charge on any atom is 0.306 e. The first-order valence-corrected chi connectivity index (χ1v) is 10.1. The third-order valence-corrected chi connectivity index (χ3v) is 6.19. The van der Waals surface area contributed by atoms with Crippen molar-refractivity contribution in [3.63, 3.8) is 0 Å². The standard InChI is InChI=1S/C23H21BrO3/c1-2-27-21(25)12-17-9-10-18-19(17)13-20(23(26)22(18)24)16-8-7-14-5-3-4-6-15(14)11-16/h3-8,11,13,17,26H,2,9-10,12H2,1H3. The Morgan fingerprint density at radius 1 is 1.19 bits per heavy atom. The molecule has 1 atom stereocenters. The summed E-state index contributed by atoms with van der Waals surface area (Å²) in [5, 5.41) is 13.1. The highest BCUT2D eigenvalue weighted by atomic mass is 79.9. The highest BCUT2D eigenvalue weighted by molar-refractivity contribution is 9.10. The molecule has 1 aliphatic carbocycles. The number of rotatable bonds is 4. The molecule has 0 amide bonds.